The molecule has 0 unspecified atom stereocenters. The fourth-order valence-corrected chi connectivity index (χ4v) is 2.43. The highest BCUT2D eigenvalue weighted by atomic mass is 32.2. The molecule has 0 aliphatic carbocycles. The number of aromatic nitrogens is 2. The van der Waals surface area contributed by atoms with Gasteiger partial charge in [0.05, 0.1) is 11.0 Å². The summed E-state index contributed by atoms with van der Waals surface area (Å²) in [5.41, 5.74) is 1.01. The summed E-state index contributed by atoms with van der Waals surface area (Å²) in [4.78, 5) is 4.22. The van der Waals surface area contributed by atoms with E-state index in [4.69, 9.17) is 5.11 Å². The van der Waals surface area contributed by atoms with Gasteiger partial charge in [-0.15, -0.1) is 0 Å². The third-order valence-corrected chi connectivity index (χ3v) is 3.53. The molecule has 0 atom stereocenters. The molecule has 0 aliphatic rings. The van der Waals surface area contributed by atoms with Crippen molar-refractivity contribution in [3.05, 3.63) is 23.8 Å². The molecule has 1 aromatic heterocycles. The normalized spacial score (nSPS) is 11.3. The lowest BCUT2D eigenvalue weighted by atomic mass is 10.3. The minimum atomic E-state index is -0.887. The van der Waals surface area contributed by atoms with E-state index in [1.807, 2.05) is 0 Å². The van der Waals surface area contributed by atoms with Crippen LogP contribution in [0.2, 0.25) is 0 Å². The number of halogens is 2. The highest BCUT2D eigenvalue weighted by Crippen LogP contribution is 2.24. The van der Waals surface area contributed by atoms with Crippen molar-refractivity contribution < 1.29 is 13.9 Å². The maximum atomic E-state index is 13.1. The Morgan fingerprint density at radius 3 is 2.76 bits per heavy atom. The van der Waals surface area contributed by atoms with Gasteiger partial charge < -0.3 is 9.67 Å². The number of aryl methyl sites for hydroxylation is 1. The van der Waals surface area contributed by atoms with Gasteiger partial charge in [-0.2, -0.15) is 0 Å². The zero-order chi connectivity index (χ0) is 12.4. The molecule has 92 valence electrons. The molecule has 1 aromatic carbocycles. The minimum absolute atomic E-state index is 0.125. The number of imidazole rings is 1. The van der Waals surface area contributed by atoms with Crippen LogP contribution < -0.4 is 0 Å². The van der Waals surface area contributed by atoms with E-state index in [0.29, 0.717) is 22.6 Å². The fraction of sp³-hybridized carbons (Fsp3) is 0.364. The largest absolute Gasteiger partial charge is 0.396 e. The monoisotopic (exact) mass is 258 g/mol. The molecule has 2 rings (SSSR count). The Balaban J connectivity index is 2.35. The van der Waals surface area contributed by atoms with E-state index in [1.165, 1.54) is 11.8 Å². The number of hydrogen-bond donors (Lipinski definition) is 1. The number of aliphatic hydroxyl groups is 1. The average Bonchev–Trinajstić information content (AvgIpc) is 2.58. The van der Waals surface area contributed by atoms with Crippen LogP contribution in [0.1, 0.15) is 6.42 Å². The fourth-order valence-electron chi connectivity index (χ4n) is 1.52. The standard InChI is InChI=1S/C11H12F2N2OS/c1-15-10-6-8(13)7(12)5-9(10)14-11(15)17-4-2-3-16/h5-6,16H,2-4H2,1H3. The quantitative estimate of drug-likeness (QED) is 0.675. The van der Waals surface area contributed by atoms with Gasteiger partial charge in [0, 0.05) is 31.5 Å². The predicted molar refractivity (Wildman–Crippen MR) is 63.1 cm³/mol. The lowest BCUT2D eigenvalue weighted by Gasteiger charge is -2.00. The number of fused-ring (bicyclic) bond motifs is 1. The molecule has 0 fully saturated rings. The first-order chi connectivity index (χ1) is 8.13. The molecule has 17 heavy (non-hydrogen) atoms. The molecule has 6 heteroatoms. The van der Waals surface area contributed by atoms with E-state index < -0.39 is 11.6 Å². The molecule has 0 saturated heterocycles. The molecule has 0 saturated carbocycles. The average molecular weight is 258 g/mol. The molecular weight excluding hydrogens is 246 g/mol. The number of nitrogens with zero attached hydrogens (tertiary/aromatic N) is 2. The van der Waals surface area contributed by atoms with Crippen LogP contribution >= 0.6 is 11.8 Å². The number of aliphatic hydroxyl groups excluding tert-OH is 1. The zero-order valence-electron chi connectivity index (χ0n) is 9.28. The van der Waals surface area contributed by atoms with E-state index >= 15 is 0 Å². The molecule has 0 radical (unpaired) electrons. The summed E-state index contributed by atoms with van der Waals surface area (Å²) in [6, 6.07) is 2.24. The number of benzene rings is 1. The van der Waals surface area contributed by atoms with Gasteiger partial charge in [0.1, 0.15) is 0 Å². The highest BCUT2D eigenvalue weighted by molar-refractivity contribution is 7.99. The minimum Gasteiger partial charge on any atom is -0.396 e. The van der Waals surface area contributed by atoms with Crippen molar-refractivity contribution in [2.75, 3.05) is 12.4 Å². The first kappa shape index (κ1) is 12.3. The third kappa shape index (κ3) is 2.42. The van der Waals surface area contributed by atoms with Crippen molar-refractivity contribution >= 4 is 22.8 Å². The molecule has 0 aliphatic heterocycles. The Kier molecular flexibility index (Phi) is 3.63. The molecule has 3 nitrogen and oxygen atoms in total. The number of hydrogen-bond acceptors (Lipinski definition) is 3. The maximum Gasteiger partial charge on any atom is 0.168 e. The van der Waals surface area contributed by atoms with Crippen LogP contribution in [0.15, 0.2) is 17.3 Å². The van der Waals surface area contributed by atoms with Crippen LogP contribution in [0.3, 0.4) is 0 Å². The first-order valence-electron chi connectivity index (χ1n) is 5.18. The molecule has 1 N–H and O–H groups in total. The molecule has 2 aromatic rings. The van der Waals surface area contributed by atoms with E-state index in [-0.39, 0.29) is 6.61 Å². The SMILES string of the molecule is Cn1c(SCCCO)nc2cc(F)c(F)cc21. The Hall–Kier alpha value is -1.14. The van der Waals surface area contributed by atoms with Gasteiger partial charge in [-0.3, -0.25) is 0 Å². The lowest BCUT2D eigenvalue weighted by molar-refractivity contribution is 0.296. The van der Waals surface area contributed by atoms with Gasteiger partial charge in [-0.25, -0.2) is 13.8 Å². The lowest BCUT2D eigenvalue weighted by Crippen LogP contribution is -1.93. The molecule has 0 spiro atoms. The van der Waals surface area contributed by atoms with E-state index in [1.54, 1.807) is 11.6 Å². The zero-order valence-corrected chi connectivity index (χ0v) is 10.1. The van der Waals surface area contributed by atoms with Gasteiger partial charge in [0.25, 0.3) is 0 Å². The van der Waals surface area contributed by atoms with E-state index in [2.05, 4.69) is 4.98 Å². The van der Waals surface area contributed by atoms with Crippen LogP contribution in [0.25, 0.3) is 11.0 Å². The second-order valence-electron chi connectivity index (χ2n) is 3.63. The summed E-state index contributed by atoms with van der Waals surface area (Å²) in [6.45, 7) is 0.125. The second kappa shape index (κ2) is 5.01. The van der Waals surface area contributed by atoms with Gasteiger partial charge in [0.2, 0.25) is 0 Å². The maximum absolute atomic E-state index is 13.1. The Morgan fingerprint density at radius 2 is 2.06 bits per heavy atom. The Morgan fingerprint density at radius 1 is 1.35 bits per heavy atom. The van der Waals surface area contributed by atoms with Crippen molar-refractivity contribution in [3.63, 3.8) is 0 Å². The Bertz CT molecular complexity index is 542. The van der Waals surface area contributed by atoms with Crippen LogP contribution in [-0.4, -0.2) is 27.0 Å². The summed E-state index contributed by atoms with van der Waals surface area (Å²) in [5.74, 6) is -1.03. The molecular formula is C11H12F2N2OS. The molecule has 0 bridgehead atoms. The Labute approximate surface area is 101 Å². The predicted octanol–water partition coefficient (Wildman–Crippen LogP) is 2.33. The smallest absolute Gasteiger partial charge is 0.168 e. The summed E-state index contributed by atoms with van der Waals surface area (Å²) < 4.78 is 27.8. The van der Waals surface area contributed by atoms with Crippen molar-refractivity contribution in [1.82, 2.24) is 9.55 Å². The van der Waals surface area contributed by atoms with Crippen LogP contribution in [0.5, 0.6) is 0 Å². The van der Waals surface area contributed by atoms with Crippen LogP contribution in [-0.2, 0) is 7.05 Å². The summed E-state index contributed by atoms with van der Waals surface area (Å²) in [7, 11) is 1.76. The topological polar surface area (TPSA) is 38.0 Å². The molecule has 1 heterocycles. The van der Waals surface area contributed by atoms with Crippen molar-refractivity contribution in [2.24, 2.45) is 7.05 Å². The summed E-state index contributed by atoms with van der Waals surface area (Å²) in [5, 5.41) is 9.38. The van der Waals surface area contributed by atoms with E-state index in [0.717, 1.165) is 17.9 Å². The van der Waals surface area contributed by atoms with Crippen molar-refractivity contribution in [3.8, 4) is 0 Å². The van der Waals surface area contributed by atoms with Crippen molar-refractivity contribution in [1.29, 1.82) is 0 Å². The highest BCUT2D eigenvalue weighted by Gasteiger charge is 2.12. The summed E-state index contributed by atoms with van der Waals surface area (Å²) in [6.07, 6.45) is 0.663. The van der Waals surface area contributed by atoms with Gasteiger partial charge >= 0.3 is 0 Å². The number of rotatable bonds is 4. The van der Waals surface area contributed by atoms with Crippen molar-refractivity contribution in [2.45, 2.75) is 11.6 Å². The van der Waals surface area contributed by atoms with Gasteiger partial charge in [0.15, 0.2) is 16.8 Å². The summed E-state index contributed by atoms with van der Waals surface area (Å²) >= 11 is 1.46. The van der Waals surface area contributed by atoms with Gasteiger partial charge in [-0.1, -0.05) is 11.8 Å². The van der Waals surface area contributed by atoms with E-state index in [9.17, 15) is 8.78 Å². The molecule has 0 amide bonds. The van der Waals surface area contributed by atoms with Crippen LogP contribution in [0.4, 0.5) is 8.78 Å². The van der Waals surface area contributed by atoms with Gasteiger partial charge in [-0.05, 0) is 6.42 Å². The second-order valence-corrected chi connectivity index (χ2v) is 4.70. The third-order valence-electron chi connectivity index (χ3n) is 2.42. The number of thioether (sulfide) groups is 1. The first-order valence-corrected chi connectivity index (χ1v) is 6.17. The van der Waals surface area contributed by atoms with Crippen LogP contribution in [0, 0.1) is 11.6 Å².